The van der Waals surface area contributed by atoms with Crippen LogP contribution in [0.25, 0.3) is 0 Å². The molecule has 0 N–H and O–H groups in total. The average Bonchev–Trinajstić information content (AvgIpc) is 1.87. The Hall–Kier alpha value is -0.500. The molecule has 52 valence electrons. The van der Waals surface area contributed by atoms with E-state index in [9.17, 15) is 4.79 Å². The summed E-state index contributed by atoms with van der Waals surface area (Å²) >= 11 is 5.31. The fourth-order valence-corrected chi connectivity index (χ4v) is 0.592. The minimum absolute atomic E-state index is 0.323. The van der Waals surface area contributed by atoms with Crippen molar-refractivity contribution >= 4 is 17.6 Å². The fraction of sp³-hybridized carbons (Fsp3) is 0.500. The standard InChI is InChI=1S/C6H9ClO2/c1-5(3-4-7)6(8)9-2/h3H,4H2,1-2H3/b5-3-. The van der Waals surface area contributed by atoms with E-state index < -0.39 is 0 Å². The van der Waals surface area contributed by atoms with E-state index >= 15 is 0 Å². The Morgan fingerprint density at radius 1 is 1.78 bits per heavy atom. The lowest BCUT2D eigenvalue weighted by Gasteiger charge is -1.94. The van der Waals surface area contributed by atoms with Gasteiger partial charge in [0, 0.05) is 11.5 Å². The van der Waals surface area contributed by atoms with Gasteiger partial charge in [-0.05, 0) is 6.92 Å². The first kappa shape index (κ1) is 8.50. The fourth-order valence-electron chi connectivity index (χ4n) is 0.360. The molecule has 0 aliphatic heterocycles. The summed E-state index contributed by atoms with van der Waals surface area (Å²) in [6, 6.07) is 0. The number of halogens is 1. The Kier molecular flexibility index (Phi) is 4.14. The Morgan fingerprint density at radius 2 is 2.33 bits per heavy atom. The molecule has 0 aliphatic rings. The molecule has 0 spiro atoms. The summed E-state index contributed by atoms with van der Waals surface area (Å²) in [4.78, 5) is 10.6. The molecule has 0 aromatic rings. The number of carbonyl (C=O) groups is 1. The van der Waals surface area contributed by atoms with Gasteiger partial charge in [0.05, 0.1) is 7.11 Å². The number of ether oxygens (including phenoxy) is 1. The number of hydrogen-bond acceptors (Lipinski definition) is 2. The maximum atomic E-state index is 10.6. The molecular weight excluding hydrogens is 140 g/mol. The monoisotopic (exact) mass is 148 g/mol. The van der Waals surface area contributed by atoms with E-state index in [2.05, 4.69) is 4.74 Å². The van der Waals surface area contributed by atoms with E-state index in [-0.39, 0.29) is 5.97 Å². The Balaban J connectivity index is 3.86. The SMILES string of the molecule is COC(=O)/C(C)=C\CCl. The highest BCUT2D eigenvalue weighted by atomic mass is 35.5. The van der Waals surface area contributed by atoms with Gasteiger partial charge in [-0.1, -0.05) is 6.08 Å². The van der Waals surface area contributed by atoms with Crippen LogP contribution >= 0.6 is 11.6 Å². The summed E-state index contributed by atoms with van der Waals surface area (Å²) in [6.07, 6.45) is 1.60. The highest BCUT2D eigenvalue weighted by molar-refractivity contribution is 6.19. The van der Waals surface area contributed by atoms with E-state index in [1.54, 1.807) is 13.0 Å². The van der Waals surface area contributed by atoms with Crippen molar-refractivity contribution in [2.45, 2.75) is 6.92 Å². The lowest BCUT2D eigenvalue weighted by molar-refractivity contribution is -0.136. The molecule has 0 bridgehead atoms. The molecule has 0 aliphatic carbocycles. The molecule has 9 heavy (non-hydrogen) atoms. The van der Waals surface area contributed by atoms with Crippen molar-refractivity contribution in [3.05, 3.63) is 11.6 Å². The van der Waals surface area contributed by atoms with Crippen LogP contribution in [0.4, 0.5) is 0 Å². The number of carbonyl (C=O) groups excluding carboxylic acids is 1. The second-order valence-electron chi connectivity index (χ2n) is 1.53. The minimum Gasteiger partial charge on any atom is -0.466 e. The van der Waals surface area contributed by atoms with Crippen LogP contribution < -0.4 is 0 Å². The van der Waals surface area contributed by atoms with Crippen molar-refractivity contribution in [2.24, 2.45) is 0 Å². The van der Waals surface area contributed by atoms with Gasteiger partial charge in [0.15, 0.2) is 0 Å². The first-order valence-corrected chi connectivity index (χ1v) is 3.07. The zero-order valence-electron chi connectivity index (χ0n) is 5.48. The van der Waals surface area contributed by atoms with Crippen LogP contribution in [-0.4, -0.2) is 19.0 Å². The topological polar surface area (TPSA) is 26.3 Å². The summed E-state index contributed by atoms with van der Waals surface area (Å²) in [6.45, 7) is 1.66. The summed E-state index contributed by atoms with van der Waals surface area (Å²) in [5.74, 6) is 0.0247. The summed E-state index contributed by atoms with van der Waals surface area (Å²) < 4.78 is 4.40. The van der Waals surface area contributed by atoms with Gasteiger partial charge >= 0.3 is 5.97 Å². The molecule has 0 amide bonds. The molecule has 0 atom stereocenters. The van der Waals surface area contributed by atoms with Crippen molar-refractivity contribution in [1.29, 1.82) is 0 Å². The van der Waals surface area contributed by atoms with Gasteiger partial charge in [-0.25, -0.2) is 4.79 Å². The first-order chi connectivity index (χ1) is 4.22. The average molecular weight is 149 g/mol. The highest BCUT2D eigenvalue weighted by Gasteiger charge is 1.99. The largest absolute Gasteiger partial charge is 0.466 e. The van der Waals surface area contributed by atoms with Crippen molar-refractivity contribution in [3.8, 4) is 0 Å². The normalized spacial score (nSPS) is 11.2. The molecule has 0 aromatic carbocycles. The molecule has 0 fully saturated rings. The molecule has 0 rings (SSSR count). The van der Waals surface area contributed by atoms with E-state index in [4.69, 9.17) is 11.6 Å². The van der Waals surface area contributed by atoms with Gasteiger partial charge in [0.25, 0.3) is 0 Å². The lowest BCUT2D eigenvalue weighted by atomic mass is 10.3. The maximum Gasteiger partial charge on any atom is 0.333 e. The van der Waals surface area contributed by atoms with Gasteiger partial charge in [0.1, 0.15) is 0 Å². The number of methoxy groups -OCH3 is 1. The minimum atomic E-state index is -0.323. The van der Waals surface area contributed by atoms with Gasteiger partial charge in [-0.15, -0.1) is 11.6 Å². The van der Waals surface area contributed by atoms with E-state index in [0.29, 0.717) is 11.5 Å². The third-order valence-electron chi connectivity index (χ3n) is 0.891. The first-order valence-electron chi connectivity index (χ1n) is 2.53. The van der Waals surface area contributed by atoms with Gasteiger partial charge in [-0.3, -0.25) is 0 Å². The molecule has 0 aromatic heterocycles. The van der Waals surface area contributed by atoms with Crippen LogP contribution in [0.1, 0.15) is 6.92 Å². The molecule has 0 heterocycles. The summed E-state index contributed by atoms with van der Waals surface area (Å²) in [5, 5.41) is 0. The molecule has 0 saturated heterocycles. The predicted octanol–water partition coefficient (Wildman–Crippen LogP) is 1.34. The third kappa shape index (κ3) is 3.14. The Morgan fingerprint density at radius 3 is 2.67 bits per heavy atom. The third-order valence-corrected chi connectivity index (χ3v) is 1.05. The van der Waals surface area contributed by atoms with Crippen LogP contribution in [0.5, 0.6) is 0 Å². The summed E-state index contributed by atoms with van der Waals surface area (Å²) in [7, 11) is 1.34. The van der Waals surface area contributed by atoms with Crippen LogP contribution in [0.3, 0.4) is 0 Å². The predicted molar refractivity (Wildman–Crippen MR) is 36.5 cm³/mol. The molecule has 0 unspecified atom stereocenters. The van der Waals surface area contributed by atoms with Crippen LogP contribution in [0, 0.1) is 0 Å². The van der Waals surface area contributed by atoms with Crippen molar-refractivity contribution in [1.82, 2.24) is 0 Å². The second kappa shape index (κ2) is 4.39. The number of esters is 1. The Labute approximate surface area is 59.5 Å². The Bertz CT molecular complexity index is 129. The van der Waals surface area contributed by atoms with Crippen LogP contribution in [0.15, 0.2) is 11.6 Å². The lowest BCUT2D eigenvalue weighted by Crippen LogP contribution is -2.01. The smallest absolute Gasteiger partial charge is 0.333 e. The van der Waals surface area contributed by atoms with Crippen molar-refractivity contribution < 1.29 is 9.53 Å². The van der Waals surface area contributed by atoms with E-state index in [0.717, 1.165) is 0 Å². The van der Waals surface area contributed by atoms with Gasteiger partial charge in [0.2, 0.25) is 0 Å². The molecular formula is C6H9ClO2. The van der Waals surface area contributed by atoms with Gasteiger partial charge < -0.3 is 4.74 Å². The number of alkyl halides is 1. The number of hydrogen-bond donors (Lipinski definition) is 0. The van der Waals surface area contributed by atoms with Crippen molar-refractivity contribution in [3.63, 3.8) is 0 Å². The maximum absolute atomic E-state index is 10.6. The van der Waals surface area contributed by atoms with E-state index in [1.165, 1.54) is 7.11 Å². The van der Waals surface area contributed by atoms with Gasteiger partial charge in [-0.2, -0.15) is 0 Å². The van der Waals surface area contributed by atoms with Crippen molar-refractivity contribution in [2.75, 3.05) is 13.0 Å². The quantitative estimate of drug-likeness (QED) is 0.336. The van der Waals surface area contributed by atoms with Crippen LogP contribution in [-0.2, 0) is 9.53 Å². The zero-order chi connectivity index (χ0) is 7.28. The zero-order valence-corrected chi connectivity index (χ0v) is 6.23. The second-order valence-corrected chi connectivity index (χ2v) is 1.84. The molecule has 3 heteroatoms. The summed E-state index contributed by atoms with van der Waals surface area (Å²) in [5.41, 5.74) is 0.549. The number of allylic oxidation sites excluding steroid dienone is 1. The molecule has 0 radical (unpaired) electrons. The number of rotatable bonds is 2. The van der Waals surface area contributed by atoms with Crippen LogP contribution in [0.2, 0.25) is 0 Å². The highest BCUT2D eigenvalue weighted by Crippen LogP contribution is 1.95. The van der Waals surface area contributed by atoms with E-state index in [1.807, 2.05) is 0 Å². The molecule has 0 saturated carbocycles. The molecule has 2 nitrogen and oxygen atoms in total.